The molecular formula is C17H35. The zero-order valence-electron chi connectivity index (χ0n) is 12.8. The van der Waals surface area contributed by atoms with Gasteiger partial charge >= 0.3 is 0 Å². The van der Waals surface area contributed by atoms with E-state index in [2.05, 4.69) is 34.6 Å². The van der Waals surface area contributed by atoms with Crippen LogP contribution < -0.4 is 0 Å². The van der Waals surface area contributed by atoms with E-state index in [4.69, 9.17) is 0 Å². The molecule has 103 valence electrons. The largest absolute Gasteiger partial charge is 0.0628 e. The first-order valence-electron chi connectivity index (χ1n) is 7.87. The van der Waals surface area contributed by atoms with Crippen LogP contribution in [0.1, 0.15) is 85.5 Å². The summed E-state index contributed by atoms with van der Waals surface area (Å²) in [5, 5.41) is 0. The third-order valence-electron chi connectivity index (χ3n) is 3.87. The lowest BCUT2D eigenvalue weighted by atomic mass is 9.85. The SMILES string of the molecule is [CH2]CCCCC(CCCCCC(C)C)C(C)C. The van der Waals surface area contributed by atoms with Gasteiger partial charge in [-0.15, -0.1) is 0 Å². The van der Waals surface area contributed by atoms with Crippen molar-refractivity contribution in [2.24, 2.45) is 17.8 Å². The van der Waals surface area contributed by atoms with Gasteiger partial charge in [0, 0.05) is 0 Å². The zero-order chi connectivity index (χ0) is 13.1. The Bertz CT molecular complexity index is 146. The summed E-state index contributed by atoms with van der Waals surface area (Å²) in [5.74, 6) is 2.71. The average molecular weight is 239 g/mol. The molecular weight excluding hydrogens is 204 g/mol. The van der Waals surface area contributed by atoms with Gasteiger partial charge in [-0.25, -0.2) is 0 Å². The minimum absolute atomic E-state index is 0.866. The molecule has 0 spiro atoms. The van der Waals surface area contributed by atoms with Crippen molar-refractivity contribution in [3.63, 3.8) is 0 Å². The fourth-order valence-electron chi connectivity index (χ4n) is 2.53. The van der Waals surface area contributed by atoms with Crippen LogP contribution in [0, 0.1) is 24.7 Å². The van der Waals surface area contributed by atoms with Gasteiger partial charge in [-0.2, -0.15) is 0 Å². The molecule has 1 atom stereocenters. The predicted molar refractivity (Wildman–Crippen MR) is 80.1 cm³/mol. The molecule has 1 unspecified atom stereocenters. The molecule has 0 rings (SSSR count). The van der Waals surface area contributed by atoms with Crippen molar-refractivity contribution in [1.29, 1.82) is 0 Å². The minimum Gasteiger partial charge on any atom is -0.0628 e. The Morgan fingerprint density at radius 1 is 0.706 bits per heavy atom. The second kappa shape index (κ2) is 11.1. The summed E-state index contributed by atoms with van der Waals surface area (Å²) in [6.07, 6.45) is 12.4. The van der Waals surface area contributed by atoms with E-state index >= 15 is 0 Å². The van der Waals surface area contributed by atoms with Crippen molar-refractivity contribution in [3.8, 4) is 0 Å². The summed E-state index contributed by atoms with van der Waals surface area (Å²) in [5.41, 5.74) is 0. The van der Waals surface area contributed by atoms with E-state index in [0.29, 0.717) is 0 Å². The Balaban J connectivity index is 3.56. The van der Waals surface area contributed by atoms with Crippen LogP contribution in [0.5, 0.6) is 0 Å². The first-order valence-corrected chi connectivity index (χ1v) is 7.87. The van der Waals surface area contributed by atoms with E-state index in [1.807, 2.05) is 0 Å². The molecule has 1 radical (unpaired) electrons. The van der Waals surface area contributed by atoms with Crippen molar-refractivity contribution >= 4 is 0 Å². The van der Waals surface area contributed by atoms with Crippen LogP contribution in [0.25, 0.3) is 0 Å². The fourth-order valence-corrected chi connectivity index (χ4v) is 2.53. The van der Waals surface area contributed by atoms with Crippen molar-refractivity contribution < 1.29 is 0 Å². The molecule has 0 heteroatoms. The highest BCUT2D eigenvalue weighted by atomic mass is 14.2. The Hall–Kier alpha value is 0. The third kappa shape index (κ3) is 10.9. The van der Waals surface area contributed by atoms with Gasteiger partial charge in [0.25, 0.3) is 0 Å². The smallest absolute Gasteiger partial charge is 0.0391 e. The van der Waals surface area contributed by atoms with Gasteiger partial charge < -0.3 is 0 Å². The van der Waals surface area contributed by atoms with Crippen LogP contribution in [-0.4, -0.2) is 0 Å². The van der Waals surface area contributed by atoms with Gasteiger partial charge in [-0.1, -0.05) is 92.4 Å². The summed E-state index contributed by atoms with van der Waals surface area (Å²) in [7, 11) is 0. The number of hydrogen-bond donors (Lipinski definition) is 0. The van der Waals surface area contributed by atoms with Crippen LogP contribution in [0.4, 0.5) is 0 Å². The Morgan fingerprint density at radius 2 is 1.24 bits per heavy atom. The fraction of sp³-hybridized carbons (Fsp3) is 0.941. The van der Waals surface area contributed by atoms with E-state index in [-0.39, 0.29) is 0 Å². The molecule has 0 aliphatic heterocycles. The second-order valence-electron chi connectivity index (χ2n) is 6.39. The Morgan fingerprint density at radius 3 is 1.71 bits per heavy atom. The lowest BCUT2D eigenvalue weighted by Gasteiger charge is -2.20. The number of unbranched alkanes of at least 4 members (excludes halogenated alkanes) is 4. The van der Waals surface area contributed by atoms with Gasteiger partial charge in [0.2, 0.25) is 0 Å². The quantitative estimate of drug-likeness (QED) is 0.373. The van der Waals surface area contributed by atoms with Crippen molar-refractivity contribution in [2.75, 3.05) is 0 Å². The van der Waals surface area contributed by atoms with E-state index in [1.165, 1.54) is 51.4 Å². The van der Waals surface area contributed by atoms with Crippen LogP contribution in [0.15, 0.2) is 0 Å². The van der Waals surface area contributed by atoms with E-state index in [1.54, 1.807) is 0 Å². The van der Waals surface area contributed by atoms with Crippen molar-refractivity contribution in [1.82, 2.24) is 0 Å². The van der Waals surface area contributed by atoms with Crippen LogP contribution in [0.3, 0.4) is 0 Å². The number of hydrogen-bond acceptors (Lipinski definition) is 0. The van der Waals surface area contributed by atoms with Gasteiger partial charge in [0.15, 0.2) is 0 Å². The summed E-state index contributed by atoms with van der Waals surface area (Å²) < 4.78 is 0. The Kier molecular flexibility index (Phi) is 11.1. The van der Waals surface area contributed by atoms with Gasteiger partial charge in [0.05, 0.1) is 0 Å². The van der Waals surface area contributed by atoms with Gasteiger partial charge in [0.1, 0.15) is 0 Å². The van der Waals surface area contributed by atoms with E-state index in [9.17, 15) is 0 Å². The molecule has 0 nitrogen and oxygen atoms in total. The van der Waals surface area contributed by atoms with E-state index in [0.717, 1.165) is 24.2 Å². The maximum atomic E-state index is 3.93. The highest BCUT2D eigenvalue weighted by Gasteiger charge is 2.12. The molecule has 0 fully saturated rings. The monoisotopic (exact) mass is 239 g/mol. The highest BCUT2D eigenvalue weighted by Crippen LogP contribution is 2.25. The summed E-state index contributed by atoms with van der Waals surface area (Å²) in [6.45, 7) is 13.4. The second-order valence-corrected chi connectivity index (χ2v) is 6.39. The highest BCUT2D eigenvalue weighted by molar-refractivity contribution is 4.64. The van der Waals surface area contributed by atoms with Crippen molar-refractivity contribution in [2.45, 2.75) is 85.5 Å². The maximum absolute atomic E-state index is 3.93. The van der Waals surface area contributed by atoms with Crippen molar-refractivity contribution in [3.05, 3.63) is 6.92 Å². The van der Waals surface area contributed by atoms with Gasteiger partial charge in [-0.05, 0) is 17.8 Å². The standard InChI is InChI=1S/C17H35/c1-6-7-9-13-17(16(4)5)14-11-8-10-12-15(2)3/h15-17H,1,6-14H2,2-5H3. The third-order valence-corrected chi connectivity index (χ3v) is 3.87. The van der Waals surface area contributed by atoms with Crippen LogP contribution in [0.2, 0.25) is 0 Å². The molecule has 0 aromatic carbocycles. The molecule has 0 bridgehead atoms. The molecule has 0 saturated carbocycles. The predicted octanol–water partition coefficient (Wildman–Crippen LogP) is 6.26. The zero-order valence-corrected chi connectivity index (χ0v) is 12.8. The molecule has 0 aliphatic carbocycles. The number of rotatable bonds is 11. The van der Waals surface area contributed by atoms with E-state index < -0.39 is 0 Å². The maximum Gasteiger partial charge on any atom is -0.0391 e. The summed E-state index contributed by atoms with van der Waals surface area (Å²) >= 11 is 0. The average Bonchev–Trinajstić information content (AvgIpc) is 2.25. The first-order chi connectivity index (χ1) is 8.07. The molecule has 0 heterocycles. The molecule has 0 aliphatic rings. The molecule has 0 aromatic rings. The summed E-state index contributed by atoms with van der Waals surface area (Å²) in [4.78, 5) is 0. The molecule has 17 heavy (non-hydrogen) atoms. The lowest BCUT2D eigenvalue weighted by molar-refractivity contribution is 0.314. The normalized spacial score (nSPS) is 13.6. The molecule has 0 amide bonds. The van der Waals surface area contributed by atoms with Gasteiger partial charge in [-0.3, -0.25) is 0 Å². The molecule has 0 aromatic heterocycles. The Labute approximate surface area is 111 Å². The van der Waals surface area contributed by atoms with Crippen LogP contribution in [-0.2, 0) is 0 Å². The first kappa shape index (κ1) is 17.0. The summed E-state index contributed by atoms with van der Waals surface area (Å²) in [6, 6.07) is 0. The molecule has 0 N–H and O–H groups in total. The molecule has 0 saturated heterocycles. The lowest BCUT2D eigenvalue weighted by Crippen LogP contribution is -2.08. The minimum atomic E-state index is 0.866. The van der Waals surface area contributed by atoms with Crippen LogP contribution >= 0.6 is 0 Å². The topological polar surface area (TPSA) is 0 Å².